The minimum atomic E-state index is 0.211. The number of aromatic nitrogens is 2. The molecular weight excluding hydrogens is 326 g/mol. The Morgan fingerprint density at radius 1 is 1.27 bits per heavy atom. The molecule has 1 spiro atoms. The summed E-state index contributed by atoms with van der Waals surface area (Å²) in [6.45, 7) is 8.84. The van der Waals surface area contributed by atoms with Crippen molar-refractivity contribution in [2.24, 2.45) is 5.41 Å². The summed E-state index contributed by atoms with van der Waals surface area (Å²) >= 11 is 0. The van der Waals surface area contributed by atoms with Crippen LogP contribution in [0.4, 0.5) is 5.82 Å². The highest BCUT2D eigenvalue weighted by Gasteiger charge is 2.42. The molecule has 0 aromatic carbocycles. The zero-order valence-corrected chi connectivity index (χ0v) is 16.8. The van der Waals surface area contributed by atoms with Crippen molar-refractivity contribution in [3.63, 3.8) is 0 Å². The summed E-state index contributed by atoms with van der Waals surface area (Å²) in [6.07, 6.45) is 7.00. The predicted molar refractivity (Wildman–Crippen MR) is 104 cm³/mol. The van der Waals surface area contributed by atoms with Gasteiger partial charge in [-0.05, 0) is 46.7 Å². The summed E-state index contributed by atoms with van der Waals surface area (Å²) in [5, 5.41) is 0. The van der Waals surface area contributed by atoms with Crippen LogP contribution < -0.4 is 4.90 Å². The first-order valence-corrected chi connectivity index (χ1v) is 9.92. The minimum absolute atomic E-state index is 0.211. The summed E-state index contributed by atoms with van der Waals surface area (Å²) in [6, 6.07) is 0. The molecule has 26 heavy (non-hydrogen) atoms. The maximum absolute atomic E-state index is 12.4. The number of amides is 1. The number of likely N-dealkylation sites (N-methyl/N-ethyl adjacent to an activating group) is 1. The van der Waals surface area contributed by atoms with Gasteiger partial charge in [0.2, 0.25) is 5.91 Å². The molecule has 144 valence electrons. The van der Waals surface area contributed by atoms with E-state index in [2.05, 4.69) is 40.7 Å². The van der Waals surface area contributed by atoms with Gasteiger partial charge in [0.05, 0.1) is 0 Å². The topological polar surface area (TPSA) is 52.6 Å². The molecule has 1 amide bonds. The van der Waals surface area contributed by atoms with E-state index in [9.17, 15) is 4.79 Å². The first kappa shape index (κ1) is 19.1. The van der Waals surface area contributed by atoms with Gasteiger partial charge >= 0.3 is 0 Å². The quantitative estimate of drug-likeness (QED) is 0.806. The second kappa shape index (κ2) is 7.91. The van der Waals surface area contributed by atoms with Gasteiger partial charge < -0.3 is 14.7 Å². The van der Waals surface area contributed by atoms with Crippen molar-refractivity contribution in [2.45, 2.75) is 46.0 Å². The van der Waals surface area contributed by atoms with Gasteiger partial charge in [0, 0.05) is 56.3 Å². The molecule has 2 saturated heterocycles. The van der Waals surface area contributed by atoms with Crippen LogP contribution in [0.3, 0.4) is 0 Å². The molecule has 1 aromatic heterocycles. The molecule has 2 fully saturated rings. The van der Waals surface area contributed by atoms with Gasteiger partial charge in [-0.25, -0.2) is 9.97 Å². The lowest BCUT2D eigenvalue weighted by Crippen LogP contribution is -2.55. The zero-order valence-electron chi connectivity index (χ0n) is 16.8. The summed E-state index contributed by atoms with van der Waals surface area (Å²) in [5.41, 5.74) is 1.44. The Morgan fingerprint density at radius 3 is 2.81 bits per heavy atom. The highest BCUT2D eigenvalue weighted by Crippen LogP contribution is 2.40. The van der Waals surface area contributed by atoms with Crippen LogP contribution in [-0.4, -0.2) is 72.5 Å². The average Bonchev–Trinajstić information content (AvgIpc) is 2.63. The highest BCUT2D eigenvalue weighted by molar-refractivity contribution is 5.77. The number of hydrogen-bond donors (Lipinski definition) is 0. The largest absolute Gasteiger partial charge is 0.356 e. The van der Waals surface area contributed by atoms with Crippen LogP contribution in [0.5, 0.6) is 0 Å². The smallest absolute Gasteiger partial charge is 0.222 e. The lowest BCUT2D eigenvalue weighted by molar-refractivity contribution is -0.138. The van der Waals surface area contributed by atoms with Crippen molar-refractivity contribution >= 4 is 11.7 Å². The number of anilines is 1. The second-order valence-electron chi connectivity index (χ2n) is 8.26. The van der Waals surface area contributed by atoms with Crippen molar-refractivity contribution < 1.29 is 4.79 Å². The third kappa shape index (κ3) is 4.17. The van der Waals surface area contributed by atoms with E-state index in [0.717, 1.165) is 57.2 Å². The Kier molecular flexibility index (Phi) is 5.80. The lowest BCUT2D eigenvalue weighted by Gasteiger charge is -2.49. The number of rotatable bonds is 5. The van der Waals surface area contributed by atoms with Gasteiger partial charge in [-0.15, -0.1) is 0 Å². The monoisotopic (exact) mass is 359 g/mol. The molecule has 1 atom stereocenters. The number of piperidine rings is 2. The van der Waals surface area contributed by atoms with Crippen molar-refractivity contribution in [3.8, 4) is 0 Å². The average molecular weight is 360 g/mol. The van der Waals surface area contributed by atoms with E-state index in [4.69, 9.17) is 4.98 Å². The van der Waals surface area contributed by atoms with Crippen LogP contribution in [0.15, 0.2) is 6.20 Å². The van der Waals surface area contributed by atoms with Crippen molar-refractivity contribution in [2.75, 3.05) is 51.7 Å². The van der Waals surface area contributed by atoms with Crippen molar-refractivity contribution in [1.29, 1.82) is 0 Å². The highest BCUT2D eigenvalue weighted by atomic mass is 16.2. The summed E-state index contributed by atoms with van der Waals surface area (Å²) < 4.78 is 0. The van der Waals surface area contributed by atoms with Crippen LogP contribution in [0, 0.1) is 12.3 Å². The van der Waals surface area contributed by atoms with Crippen LogP contribution in [0.25, 0.3) is 0 Å². The van der Waals surface area contributed by atoms with Gasteiger partial charge in [-0.3, -0.25) is 4.79 Å². The molecule has 0 radical (unpaired) electrons. The van der Waals surface area contributed by atoms with E-state index in [1.54, 1.807) is 0 Å². The number of nitrogens with zero attached hydrogens (tertiary/aromatic N) is 5. The Morgan fingerprint density at radius 2 is 2.08 bits per heavy atom. The van der Waals surface area contributed by atoms with Gasteiger partial charge in [-0.1, -0.05) is 6.92 Å². The first-order valence-electron chi connectivity index (χ1n) is 9.92. The first-order chi connectivity index (χ1) is 12.4. The summed E-state index contributed by atoms with van der Waals surface area (Å²) in [4.78, 5) is 28.2. The maximum atomic E-state index is 12.4. The molecular formula is C20H33N5O. The Labute approximate surface area is 157 Å². The van der Waals surface area contributed by atoms with E-state index in [1.165, 1.54) is 18.4 Å². The lowest BCUT2D eigenvalue weighted by atomic mass is 9.73. The van der Waals surface area contributed by atoms with Crippen molar-refractivity contribution in [1.82, 2.24) is 19.8 Å². The fraction of sp³-hybridized carbons (Fsp3) is 0.750. The van der Waals surface area contributed by atoms with Crippen LogP contribution in [-0.2, 0) is 11.2 Å². The van der Waals surface area contributed by atoms with Gasteiger partial charge in [0.25, 0.3) is 0 Å². The molecule has 3 rings (SSSR count). The summed E-state index contributed by atoms with van der Waals surface area (Å²) in [7, 11) is 4.13. The van der Waals surface area contributed by atoms with Crippen molar-refractivity contribution in [3.05, 3.63) is 17.6 Å². The number of hydrogen-bond acceptors (Lipinski definition) is 5. The maximum Gasteiger partial charge on any atom is 0.222 e. The normalized spacial score (nSPS) is 24.0. The van der Waals surface area contributed by atoms with E-state index < -0.39 is 0 Å². The number of aryl methyl sites for hydroxylation is 2. The number of carbonyl (C=O) groups excluding carboxylic acids is 1. The number of carbonyl (C=O) groups is 1. The van der Waals surface area contributed by atoms with E-state index in [-0.39, 0.29) is 5.41 Å². The van der Waals surface area contributed by atoms with E-state index >= 15 is 0 Å². The van der Waals surface area contributed by atoms with Crippen LogP contribution in [0.1, 0.15) is 44.0 Å². The second-order valence-corrected chi connectivity index (χ2v) is 8.26. The predicted octanol–water partition coefficient (Wildman–Crippen LogP) is 2.12. The van der Waals surface area contributed by atoms with Gasteiger partial charge in [0.15, 0.2) is 0 Å². The van der Waals surface area contributed by atoms with Crippen LogP contribution >= 0.6 is 0 Å². The minimum Gasteiger partial charge on any atom is -0.356 e. The molecule has 6 heteroatoms. The Bertz CT molecular complexity index is 647. The molecule has 0 unspecified atom stereocenters. The Balaban J connectivity index is 1.77. The van der Waals surface area contributed by atoms with Gasteiger partial charge in [-0.2, -0.15) is 0 Å². The van der Waals surface area contributed by atoms with Crippen LogP contribution in [0.2, 0.25) is 0 Å². The number of likely N-dealkylation sites (tertiary alicyclic amines) is 1. The zero-order chi connectivity index (χ0) is 18.7. The fourth-order valence-electron chi connectivity index (χ4n) is 4.35. The standard InChI is InChI=1S/C20H33N5O/c1-5-17-13-21-16(2)22-19(17)25-10-6-8-20(15-25)9-7-18(26)24(14-20)12-11-23(3)4/h13H,5-12,14-15H2,1-4H3/t20-/m0/s1. The molecule has 0 aliphatic carbocycles. The third-order valence-corrected chi connectivity index (χ3v) is 5.87. The SMILES string of the molecule is CCc1cnc(C)nc1N1CCC[C@@]2(CCC(=O)N(CCN(C)C)C2)C1. The molecule has 1 aromatic rings. The molecule has 2 aliphatic heterocycles. The molecule has 0 saturated carbocycles. The molecule has 0 N–H and O–H groups in total. The Hall–Kier alpha value is -1.69. The molecule has 0 bridgehead atoms. The molecule has 6 nitrogen and oxygen atoms in total. The third-order valence-electron chi connectivity index (χ3n) is 5.87. The molecule has 3 heterocycles. The van der Waals surface area contributed by atoms with E-state index in [1.807, 2.05) is 13.1 Å². The molecule has 2 aliphatic rings. The van der Waals surface area contributed by atoms with E-state index in [0.29, 0.717) is 12.3 Å². The fourth-order valence-corrected chi connectivity index (χ4v) is 4.35. The van der Waals surface area contributed by atoms with Gasteiger partial charge in [0.1, 0.15) is 11.6 Å². The summed E-state index contributed by atoms with van der Waals surface area (Å²) in [5.74, 6) is 2.26.